The van der Waals surface area contributed by atoms with Gasteiger partial charge in [-0.05, 0) is 52.7 Å². The molecule has 1 heterocycles. The molecule has 1 aliphatic heterocycles. The van der Waals surface area contributed by atoms with E-state index in [0.717, 1.165) is 33.8 Å². The van der Waals surface area contributed by atoms with E-state index in [4.69, 9.17) is 15.2 Å². The number of rotatable bonds is 7. The Bertz CT molecular complexity index is 2310. The van der Waals surface area contributed by atoms with E-state index in [1.165, 1.54) is 28.6 Å². The van der Waals surface area contributed by atoms with Crippen molar-refractivity contribution in [1.82, 2.24) is 0 Å². The molecule has 0 saturated heterocycles. The Morgan fingerprint density at radius 1 is 0.627 bits per heavy atom. The largest absolute Gasteiger partial charge is 0.449 e. The van der Waals surface area contributed by atoms with E-state index in [0.29, 0.717) is 11.5 Å². The van der Waals surface area contributed by atoms with E-state index in [2.05, 4.69) is 132 Å². The van der Waals surface area contributed by atoms with Crippen molar-refractivity contribution in [3.8, 4) is 34.1 Å². The van der Waals surface area contributed by atoms with Gasteiger partial charge in [-0.2, -0.15) is 0 Å². The van der Waals surface area contributed by atoms with Gasteiger partial charge in [0.1, 0.15) is 0 Å². The zero-order valence-corrected chi connectivity index (χ0v) is 27.9. The van der Waals surface area contributed by atoms with Crippen molar-refractivity contribution in [3.05, 3.63) is 203 Å². The van der Waals surface area contributed by atoms with Crippen molar-refractivity contribution < 1.29 is 9.47 Å². The molecule has 9 rings (SSSR count). The quantitative estimate of drug-likeness (QED) is 0.137. The molecule has 2 aliphatic carbocycles. The van der Waals surface area contributed by atoms with E-state index >= 15 is 0 Å². The molecular formula is C46H35N3O2. The van der Waals surface area contributed by atoms with Crippen LogP contribution in [0.5, 0.6) is 23.0 Å². The number of allylic oxidation sites excluding steroid dienone is 4. The van der Waals surface area contributed by atoms with Crippen LogP contribution in [-0.4, -0.2) is 13.1 Å². The van der Waals surface area contributed by atoms with E-state index in [1.54, 1.807) is 0 Å². The van der Waals surface area contributed by atoms with Crippen LogP contribution in [0.1, 0.15) is 39.3 Å². The summed E-state index contributed by atoms with van der Waals surface area (Å²) in [7, 11) is 0. The van der Waals surface area contributed by atoms with Crippen LogP contribution in [0.2, 0.25) is 0 Å². The third-order valence-corrected chi connectivity index (χ3v) is 10.7. The second kappa shape index (κ2) is 12.1. The molecule has 5 nitrogen and oxygen atoms in total. The molecule has 0 amide bonds. The summed E-state index contributed by atoms with van der Waals surface area (Å²) in [5.41, 5.74) is 13.1. The second-order valence-corrected chi connectivity index (χ2v) is 13.1. The number of hydrogen-bond acceptors (Lipinski definition) is 4. The molecule has 246 valence electrons. The van der Waals surface area contributed by atoms with Crippen molar-refractivity contribution in [2.24, 2.45) is 21.6 Å². The molecule has 5 heteroatoms. The molecule has 0 fully saturated rings. The van der Waals surface area contributed by atoms with Gasteiger partial charge in [-0.15, -0.1) is 0 Å². The van der Waals surface area contributed by atoms with Gasteiger partial charge < -0.3 is 15.2 Å². The minimum absolute atomic E-state index is 0.111. The van der Waals surface area contributed by atoms with Gasteiger partial charge in [-0.25, -0.2) is 4.99 Å². The number of nitrogens with two attached hydrogens (primary N) is 1. The SMILES string of the molecule is C=NC(/N=C\N)(c1ccccc1)c1ccc(-c2ccc3c(c2)Oc2ccc4c(c2O3)C2C=CC=CC2C4(c2ccccc2)c2ccccc2)cc1. The molecule has 3 unspecified atom stereocenters. The maximum Gasteiger partial charge on any atom is 0.202 e. The summed E-state index contributed by atoms with van der Waals surface area (Å²) < 4.78 is 13.5. The molecule has 0 radical (unpaired) electrons. The Balaban J connectivity index is 1.10. The van der Waals surface area contributed by atoms with Crippen LogP contribution in [-0.2, 0) is 11.1 Å². The zero-order chi connectivity index (χ0) is 34.4. The summed E-state index contributed by atoms with van der Waals surface area (Å²) in [6, 6.07) is 50.2. The van der Waals surface area contributed by atoms with Gasteiger partial charge in [0.05, 0.1) is 11.8 Å². The lowest BCUT2D eigenvalue weighted by Crippen LogP contribution is -2.34. The number of aliphatic imine (C=N–C) groups is 2. The number of nitrogens with zero attached hydrogens (tertiary/aromatic N) is 2. The summed E-state index contributed by atoms with van der Waals surface area (Å²) in [5.74, 6) is 3.15. The van der Waals surface area contributed by atoms with Crippen LogP contribution in [0.3, 0.4) is 0 Å². The smallest absolute Gasteiger partial charge is 0.202 e. The Kier molecular flexibility index (Phi) is 7.29. The van der Waals surface area contributed by atoms with E-state index < -0.39 is 11.1 Å². The Labute approximate surface area is 297 Å². The molecule has 0 saturated carbocycles. The summed E-state index contributed by atoms with van der Waals surface area (Å²) in [5, 5.41) is 0. The van der Waals surface area contributed by atoms with Crippen LogP contribution in [0.25, 0.3) is 11.1 Å². The maximum absolute atomic E-state index is 6.85. The molecule has 2 N–H and O–H groups in total. The number of fused-ring (bicyclic) bond motifs is 6. The third-order valence-electron chi connectivity index (χ3n) is 10.7. The van der Waals surface area contributed by atoms with Crippen molar-refractivity contribution in [2.45, 2.75) is 17.0 Å². The fourth-order valence-electron chi connectivity index (χ4n) is 8.47. The molecule has 51 heavy (non-hydrogen) atoms. The average Bonchev–Trinajstić information content (AvgIpc) is 3.51. The normalized spacial score (nSPS) is 18.7. The molecule has 0 spiro atoms. The van der Waals surface area contributed by atoms with Gasteiger partial charge >= 0.3 is 0 Å². The number of benzene rings is 6. The highest BCUT2D eigenvalue weighted by molar-refractivity contribution is 5.73. The first kappa shape index (κ1) is 30.6. The minimum atomic E-state index is -1.04. The first-order valence-corrected chi connectivity index (χ1v) is 17.2. The number of ether oxygens (including phenoxy) is 2. The van der Waals surface area contributed by atoms with Crippen molar-refractivity contribution in [3.63, 3.8) is 0 Å². The monoisotopic (exact) mass is 661 g/mol. The van der Waals surface area contributed by atoms with Crippen LogP contribution < -0.4 is 15.2 Å². The lowest BCUT2D eigenvalue weighted by Gasteiger charge is -2.38. The standard InChI is InChI=1S/C46H35N3O2/c1-48-46(49-30-47,35-17-9-4-10-18-35)36-24-21-31(22-25-36)32-23-27-40-42(29-32)50-41-28-26-39-43(44(41)51-40)37-19-11-12-20-38(37)45(39,33-13-5-2-6-14-33)34-15-7-3-8-16-34/h2-30,37-38H,1H2,(H2,47,49). The van der Waals surface area contributed by atoms with Crippen molar-refractivity contribution in [1.29, 1.82) is 0 Å². The van der Waals surface area contributed by atoms with Crippen molar-refractivity contribution >= 4 is 13.1 Å². The first-order valence-electron chi connectivity index (χ1n) is 17.2. The molecule has 3 aliphatic rings. The molecule has 0 bridgehead atoms. The van der Waals surface area contributed by atoms with Gasteiger partial charge in [0, 0.05) is 28.5 Å². The topological polar surface area (TPSA) is 69.2 Å². The lowest BCUT2D eigenvalue weighted by molar-refractivity contribution is 0.355. The molecule has 3 atom stereocenters. The van der Waals surface area contributed by atoms with Gasteiger partial charge in [0.25, 0.3) is 0 Å². The predicted molar refractivity (Wildman–Crippen MR) is 205 cm³/mol. The van der Waals surface area contributed by atoms with Crippen LogP contribution in [0.15, 0.2) is 180 Å². The Morgan fingerprint density at radius 3 is 1.90 bits per heavy atom. The lowest BCUT2D eigenvalue weighted by atomic mass is 9.63. The van der Waals surface area contributed by atoms with Gasteiger partial charge in [0.2, 0.25) is 5.66 Å². The van der Waals surface area contributed by atoms with E-state index in [1.807, 2.05) is 54.6 Å². The molecule has 6 aromatic rings. The summed E-state index contributed by atoms with van der Waals surface area (Å²) in [6.07, 6.45) is 10.3. The highest BCUT2D eigenvalue weighted by Crippen LogP contribution is 2.64. The molecule has 6 aromatic carbocycles. The van der Waals surface area contributed by atoms with E-state index in [9.17, 15) is 0 Å². The highest BCUT2D eigenvalue weighted by atomic mass is 16.6. The van der Waals surface area contributed by atoms with Crippen LogP contribution in [0.4, 0.5) is 0 Å². The maximum atomic E-state index is 6.85. The van der Waals surface area contributed by atoms with Gasteiger partial charge in [0.15, 0.2) is 23.0 Å². The predicted octanol–water partition coefficient (Wildman–Crippen LogP) is 10.3. The van der Waals surface area contributed by atoms with Gasteiger partial charge in [-0.1, -0.05) is 152 Å². The number of hydrogen-bond donors (Lipinski definition) is 1. The summed E-state index contributed by atoms with van der Waals surface area (Å²) in [6.45, 7) is 3.88. The Hall–Kier alpha value is -6.46. The van der Waals surface area contributed by atoms with Crippen LogP contribution >= 0.6 is 0 Å². The van der Waals surface area contributed by atoms with E-state index in [-0.39, 0.29) is 11.8 Å². The van der Waals surface area contributed by atoms with Gasteiger partial charge in [-0.3, -0.25) is 4.99 Å². The molecular weight excluding hydrogens is 627 g/mol. The summed E-state index contributed by atoms with van der Waals surface area (Å²) >= 11 is 0. The average molecular weight is 662 g/mol. The second-order valence-electron chi connectivity index (χ2n) is 13.1. The molecule has 0 aromatic heterocycles. The zero-order valence-electron chi connectivity index (χ0n) is 27.9. The van der Waals surface area contributed by atoms with Crippen molar-refractivity contribution in [2.75, 3.05) is 0 Å². The fraction of sp³-hybridized carbons (Fsp3) is 0.0870. The first-order chi connectivity index (χ1) is 25.2. The highest BCUT2D eigenvalue weighted by Gasteiger charge is 2.54. The third kappa shape index (κ3) is 4.62. The Morgan fingerprint density at radius 2 is 1.24 bits per heavy atom. The summed E-state index contributed by atoms with van der Waals surface area (Å²) in [4.78, 5) is 9.02. The fourth-order valence-corrected chi connectivity index (χ4v) is 8.47. The minimum Gasteiger partial charge on any atom is -0.449 e. The van der Waals surface area contributed by atoms with Crippen LogP contribution in [0, 0.1) is 5.92 Å².